The molecule has 142 valence electrons. The van der Waals surface area contributed by atoms with Crippen LogP contribution < -0.4 is 10.1 Å². The third-order valence-electron chi connectivity index (χ3n) is 3.92. The smallest absolute Gasteiger partial charge is 0.124 e. The van der Waals surface area contributed by atoms with Gasteiger partial charge in [-0.2, -0.15) is 0 Å². The largest absolute Gasteiger partial charge is 0.489 e. The lowest BCUT2D eigenvalue weighted by molar-refractivity contribution is 0.302. The van der Waals surface area contributed by atoms with E-state index in [1.165, 1.54) is 12.1 Å². The molecule has 0 aliphatic carbocycles. The number of hydrogen-bond donors (Lipinski definition) is 1. The lowest BCUT2D eigenvalue weighted by Crippen LogP contribution is -2.14. The molecule has 0 aliphatic rings. The zero-order chi connectivity index (χ0) is 18.4. The maximum atomic E-state index is 13.0. The van der Waals surface area contributed by atoms with Gasteiger partial charge in [-0.05, 0) is 47.5 Å². The summed E-state index contributed by atoms with van der Waals surface area (Å²) in [6.45, 7) is 1.70. The normalized spacial score (nSPS) is 10.3. The van der Waals surface area contributed by atoms with Gasteiger partial charge in [0.05, 0.1) is 0 Å². The van der Waals surface area contributed by atoms with E-state index in [-0.39, 0.29) is 18.2 Å². The first-order valence-electron chi connectivity index (χ1n) is 8.21. The molecule has 0 aromatic heterocycles. The van der Waals surface area contributed by atoms with Gasteiger partial charge in [-0.1, -0.05) is 57.9 Å². The fourth-order valence-electron chi connectivity index (χ4n) is 2.54. The standard InChI is InChI=1S/C21H18BrClFNO.ClH/c22-18-7-10-21(26-14-15-5-8-19(24)9-6-15)17(11-18)13-25-12-16-3-1-2-4-20(16)23;/h1-11,25H,12-14H2;1H. The van der Waals surface area contributed by atoms with Crippen molar-refractivity contribution in [3.05, 3.63) is 98.7 Å². The topological polar surface area (TPSA) is 21.3 Å². The molecular formula is C21H19BrCl2FNO. The Kier molecular flexibility index (Phi) is 8.58. The highest BCUT2D eigenvalue weighted by Gasteiger charge is 2.06. The van der Waals surface area contributed by atoms with E-state index in [9.17, 15) is 4.39 Å². The summed E-state index contributed by atoms with van der Waals surface area (Å²) in [6, 6.07) is 20.0. The van der Waals surface area contributed by atoms with Crippen LogP contribution >= 0.6 is 39.9 Å². The maximum absolute atomic E-state index is 13.0. The van der Waals surface area contributed by atoms with Crippen LogP contribution in [0.2, 0.25) is 5.02 Å². The van der Waals surface area contributed by atoms with E-state index < -0.39 is 0 Å². The molecule has 2 nitrogen and oxygen atoms in total. The van der Waals surface area contributed by atoms with Gasteiger partial charge in [-0.15, -0.1) is 12.4 Å². The van der Waals surface area contributed by atoms with Crippen molar-refractivity contribution in [1.29, 1.82) is 0 Å². The summed E-state index contributed by atoms with van der Waals surface area (Å²) in [5, 5.41) is 4.15. The summed E-state index contributed by atoms with van der Waals surface area (Å²) < 4.78 is 19.9. The Labute approximate surface area is 178 Å². The monoisotopic (exact) mass is 469 g/mol. The number of halogens is 4. The van der Waals surface area contributed by atoms with Crippen LogP contribution in [0.25, 0.3) is 0 Å². The van der Waals surface area contributed by atoms with Crippen LogP contribution in [0.1, 0.15) is 16.7 Å². The van der Waals surface area contributed by atoms with Crippen LogP contribution in [0.5, 0.6) is 5.75 Å². The first-order valence-corrected chi connectivity index (χ1v) is 9.39. The first-order chi connectivity index (χ1) is 12.6. The highest BCUT2D eigenvalue weighted by Crippen LogP contribution is 2.24. The van der Waals surface area contributed by atoms with Crippen LogP contribution in [0.4, 0.5) is 4.39 Å². The van der Waals surface area contributed by atoms with E-state index in [1.807, 2.05) is 42.5 Å². The van der Waals surface area contributed by atoms with E-state index in [0.717, 1.165) is 31.9 Å². The molecule has 0 saturated carbocycles. The molecule has 3 aromatic carbocycles. The zero-order valence-corrected chi connectivity index (χ0v) is 17.6. The minimum atomic E-state index is -0.248. The molecule has 3 rings (SSSR count). The summed E-state index contributed by atoms with van der Waals surface area (Å²) in [6.07, 6.45) is 0. The highest BCUT2D eigenvalue weighted by atomic mass is 79.9. The van der Waals surface area contributed by atoms with Crippen molar-refractivity contribution in [2.75, 3.05) is 0 Å². The van der Waals surface area contributed by atoms with Crippen molar-refractivity contribution in [3.63, 3.8) is 0 Å². The lowest BCUT2D eigenvalue weighted by Gasteiger charge is -2.13. The second kappa shape index (κ2) is 10.7. The van der Waals surface area contributed by atoms with Crippen LogP contribution in [0.3, 0.4) is 0 Å². The molecule has 3 aromatic rings. The van der Waals surface area contributed by atoms with Crippen LogP contribution in [-0.4, -0.2) is 0 Å². The molecule has 1 N–H and O–H groups in total. The Balaban J connectivity index is 0.00000261. The van der Waals surface area contributed by atoms with Gasteiger partial charge in [0, 0.05) is 28.1 Å². The molecule has 0 amide bonds. The lowest BCUT2D eigenvalue weighted by atomic mass is 10.1. The van der Waals surface area contributed by atoms with Crippen molar-refractivity contribution < 1.29 is 9.13 Å². The molecule has 0 fully saturated rings. The number of hydrogen-bond acceptors (Lipinski definition) is 2. The Morgan fingerprint density at radius 2 is 1.63 bits per heavy atom. The highest BCUT2D eigenvalue weighted by molar-refractivity contribution is 9.10. The van der Waals surface area contributed by atoms with Gasteiger partial charge in [0.2, 0.25) is 0 Å². The summed E-state index contributed by atoms with van der Waals surface area (Å²) >= 11 is 9.69. The number of rotatable bonds is 7. The van der Waals surface area contributed by atoms with Gasteiger partial charge in [0.25, 0.3) is 0 Å². The predicted octanol–water partition coefficient (Wildman–Crippen LogP) is 6.53. The third-order valence-corrected chi connectivity index (χ3v) is 4.78. The summed E-state index contributed by atoms with van der Waals surface area (Å²) in [7, 11) is 0. The minimum absolute atomic E-state index is 0. The van der Waals surface area contributed by atoms with E-state index in [1.54, 1.807) is 12.1 Å². The predicted molar refractivity (Wildman–Crippen MR) is 114 cm³/mol. The summed E-state index contributed by atoms with van der Waals surface area (Å²) in [5.74, 6) is 0.547. The summed E-state index contributed by atoms with van der Waals surface area (Å²) in [4.78, 5) is 0. The fourth-order valence-corrected chi connectivity index (χ4v) is 3.15. The number of ether oxygens (including phenoxy) is 1. The van der Waals surface area contributed by atoms with E-state index in [4.69, 9.17) is 16.3 Å². The van der Waals surface area contributed by atoms with Gasteiger partial charge >= 0.3 is 0 Å². The van der Waals surface area contributed by atoms with Crippen molar-refractivity contribution in [2.45, 2.75) is 19.7 Å². The van der Waals surface area contributed by atoms with Gasteiger partial charge < -0.3 is 10.1 Å². The molecule has 0 saturated heterocycles. The van der Waals surface area contributed by atoms with Crippen LogP contribution in [0, 0.1) is 5.82 Å². The average Bonchev–Trinajstić information content (AvgIpc) is 2.64. The van der Waals surface area contributed by atoms with E-state index in [0.29, 0.717) is 19.7 Å². The van der Waals surface area contributed by atoms with E-state index in [2.05, 4.69) is 21.2 Å². The fraction of sp³-hybridized carbons (Fsp3) is 0.143. The maximum Gasteiger partial charge on any atom is 0.124 e. The van der Waals surface area contributed by atoms with Gasteiger partial charge in [0.1, 0.15) is 18.2 Å². The van der Waals surface area contributed by atoms with Gasteiger partial charge in [0.15, 0.2) is 0 Å². The zero-order valence-electron chi connectivity index (χ0n) is 14.4. The Hall–Kier alpha value is -1.59. The SMILES string of the molecule is Cl.Fc1ccc(COc2ccc(Br)cc2CNCc2ccccc2Cl)cc1. The third kappa shape index (κ3) is 6.51. The molecule has 0 unspecified atom stereocenters. The Morgan fingerprint density at radius 3 is 2.37 bits per heavy atom. The van der Waals surface area contributed by atoms with Crippen molar-refractivity contribution >= 4 is 39.9 Å². The summed E-state index contributed by atoms with van der Waals surface area (Å²) in [5.41, 5.74) is 3.01. The second-order valence-electron chi connectivity index (χ2n) is 5.86. The molecular weight excluding hydrogens is 452 g/mol. The van der Waals surface area contributed by atoms with Crippen molar-refractivity contribution in [2.24, 2.45) is 0 Å². The average molecular weight is 471 g/mol. The molecule has 0 aliphatic heterocycles. The Bertz CT molecular complexity index is 874. The molecule has 27 heavy (non-hydrogen) atoms. The quantitative estimate of drug-likeness (QED) is 0.423. The molecule has 0 heterocycles. The Morgan fingerprint density at radius 1 is 0.926 bits per heavy atom. The van der Waals surface area contributed by atoms with Gasteiger partial charge in [-0.3, -0.25) is 0 Å². The molecule has 0 radical (unpaired) electrons. The van der Waals surface area contributed by atoms with Crippen molar-refractivity contribution in [1.82, 2.24) is 5.32 Å². The molecule has 0 bridgehead atoms. The van der Waals surface area contributed by atoms with Crippen LogP contribution in [0.15, 0.2) is 71.2 Å². The molecule has 0 atom stereocenters. The van der Waals surface area contributed by atoms with E-state index >= 15 is 0 Å². The van der Waals surface area contributed by atoms with Crippen LogP contribution in [-0.2, 0) is 19.7 Å². The number of nitrogens with one attached hydrogen (secondary N) is 1. The number of benzene rings is 3. The minimum Gasteiger partial charge on any atom is -0.489 e. The molecule has 6 heteroatoms. The van der Waals surface area contributed by atoms with Gasteiger partial charge in [-0.25, -0.2) is 4.39 Å². The van der Waals surface area contributed by atoms with Crippen molar-refractivity contribution in [3.8, 4) is 5.75 Å². The second-order valence-corrected chi connectivity index (χ2v) is 7.19. The molecule has 0 spiro atoms. The first kappa shape index (κ1) is 21.7.